The maximum Gasteiger partial charge on any atom is 0.248 e. The van der Waals surface area contributed by atoms with E-state index >= 15 is 0 Å². The van der Waals surface area contributed by atoms with Gasteiger partial charge in [-0.3, -0.25) is 9.59 Å². The monoisotopic (exact) mass is 330 g/mol. The van der Waals surface area contributed by atoms with Gasteiger partial charge in [-0.05, 0) is 56.5 Å². The van der Waals surface area contributed by atoms with Crippen LogP contribution >= 0.6 is 0 Å². The summed E-state index contributed by atoms with van der Waals surface area (Å²) in [6.07, 6.45) is 3.54. The highest BCUT2D eigenvalue weighted by atomic mass is 16.2. The molecular weight excluding hydrogens is 304 g/mol. The lowest BCUT2D eigenvalue weighted by atomic mass is 9.88. The molecule has 0 radical (unpaired) electrons. The first kappa shape index (κ1) is 16.8. The molecule has 0 aromatic heterocycles. The third-order valence-electron chi connectivity index (χ3n) is 5.17. The van der Waals surface area contributed by atoms with E-state index < -0.39 is 5.91 Å². The number of nitrogens with two attached hydrogens (primary N) is 1. The Morgan fingerprint density at radius 1 is 1.25 bits per heavy atom. The first-order chi connectivity index (χ1) is 11.6. The van der Waals surface area contributed by atoms with Crippen LogP contribution in [0.4, 0.5) is 11.4 Å². The number of amides is 2. The van der Waals surface area contributed by atoms with Gasteiger partial charge in [0.1, 0.15) is 0 Å². The van der Waals surface area contributed by atoms with Crippen LogP contribution in [0.15, 0.2) is 18.2 Å². The van der Waals surface area contributed by atoms with Crippen LogP contribution in [0.5, 0.6) is 0 Å². The molecule has 2 aliphatic rings. The summed E-state index contributed by atoms with van der Waals surface area (Å²) in [6.45, 7) is 5.67. The van der Waals surface area contributed by atoms with Crippen LogP contribution in [-0.2, 0) is 4.79 Å². The van der Waals surface area contributed by atoms with Gasteiger partial charge in [0.2, 0.25) is 11.8 Å². The lowest BCUT2D eigenvalue weighted by Gasteiger charge is -2.33. The number of primary amides is 1. The minimum absolute atomic E-state index is 0.00128. The zero-order valence-electron chi connectivity index (χ0n) is 14.2. The Morgan fingerprint density at radius 2 is 1.96 bits per heavy atom. The summed E-state index contributed by atoms with van der Waals surface area (Å²) in [5.41, 5.74) is 7.50. The smallest absolute Gasteiger partial charge is 0.248 e. The lowest BCUT2D eigenvalue weighted by Crippen LogP contribution is -2.48. The molecule has 1 aromatic rings. The Bertz CT molecular complexity index is 621. The minimum atomic E-state index is -0.480. The van der Waals surface area contributed by atoms with Gasteiger partial charge >= 0.3 is 0 Å². The highest BCUT2D eigenvalue weighted by Gasteiger charge is 2.29. The maximum atomic E-state index is 12.6. The zero-order chi connectivity index (χ0) is 17.1. The molecule has 4 N–H and O–H groups in total. The molecule has 2 saturated heterocycles. The van der Waals surface area contributed by atoms with Gasteiger partial charge in [0.15, 0.2) is 0 Å². The van der Waals surface area contributed by atoms with Crippen molar-refractivity contribution in [3.8, 4) is 0 Å². The number of carbonyl (C=O) groups excluding carboxylic acids is 2. The average Bonchev–Trinajstić information content (AvgIpc) is 2.53. The highest BCUT2D eigenvalue weighted by Crippen LogP contribution is 2.30. The molecule has 3 rings (SSSR count). The van der Waals surface area contributed by atoms with Crippen molar-refractivity contribution in [3.05, 3.63) is 23.8 Å². The van der Waals surface area contributed by atoms with E-state index in [1.54, 1.807) is 12.1 Å². The van der Waals surface area contributed by atoms with Gasteiger partial charge in [0.25, 0.3) is 0 Å². The van der Waals surface area contributed by atoms with E-state index in [9.17, 15) is 9.59 Å². The quantitative estimate of drug-likeness (QED) is 0.765. The van der Waals surface area contributed by atoms with Crippen molar-refractivity contribution in [1.29, 1.82) is 0 Å². The molecule has 0 bridgehead atoms. The van der Waals surface area contributed by atoms with E-state index in [0.29, 0.717) is 17.2 Å². The predicted octanol–water partition coefficient (Wildman–Crippen LogP) is 1.57. The fourth-order valence-corrected chi connectivity index (χ4v) is 3.33. The molecule has 0 aliphatic carbocycles. The van der Waals surface area contributed by atoms with Crippen molar-refractivity contribution in [2.24, 2.45) is 17.6 Å². The van der Waals surface area contributed by atoms with Crippen molar-refractivity contribution < 1.29 is 9.59 Å². The lowest BCUT2D eigenvalue weighted by molar-refractivity contribution is -0.121. The fourth-order valence-electron chi connectivity index (χ4n) is 3.33. The van der Waals surface area contributed by atoms with Gasteiger partial charge in [0.05, 0.1) is 11.4 Å². The number of nitrogens with zero attached hydrogens (tertiary/aromatic N) is 1. The highest BCUT2D eigenvalue weighted by molar-refractivity contribution is 6.00. The Labute approximate surface area is 142 Å². The van der Waals surface area contributed by atoms with Crippen LogP contribution in [0.1, 0.15) is 36.5 Å². The molecule has 6 nitrogen and oxygen atoms in total. The zero-order valence-corrected chi connectivity index (χ0v) is 14.2. The summed E-state index contributed by atoms with van der Waals surface area (Å²) in [4.78, 5) is 26.4. The molecule has 1 atom stereocenters. The summed E-state index contributed by atoms with van der Waals surface area (Å²) < 4.78 is 0. The van der Waals surface area contributed by atoms with Gasteiger partial charge in [-0.1, -0.05) is 6.92 Å². The predicted molar refractivity (Wildman–Crippen MR) is 95.2 cm³/mol. The van der Waals surface area contributed by atoms with Crippen molar-refractivity contribution >= 4 is 23.2 Å². The molecular formula is C18H26N4O2. The summed E-state index contributed by atoms with van der Waals surface area (Å²) >= 11 is 0. The average molecular weight is 330 g/mol. The molecule has 2 heterocycles. The van der Waals surface area contributed by atoms with Crippen molar-refractivity contribution in [3.63, 3.8) is 0 Å². The van der Waals surface area contributed by atoms with E-state index in [2.05, 4.69) is 15.5 Å². The standard InChI is InChI=1S/C18H26N4O2/c1-12(14-10-20-11-14)18(24)21-15-9-13(17(19)23)5-6-16(15)22-7-3-2-4-8-22/h5-6,9,12,14,20H,2-4,7-8,10-11H2,1H3,(H2,19,23)(H,21,24). The maximum absolute atomic E-state index is 12.6. The van der Waals surface area contributed by atoms with Gasteiger partial charge in [0, 0.05) is 24.6 Å². The van der Waals surface area contributed by atoms with Crippen LogP contribution in [0.2, 0.25) is 0 Å². The second kappa shape index (κ2) is 7.21. The minimum Gasteiger partial charge on any atom is -0.370 e. The van der Waals surface area contributed by atoms with Crippen molar-refractivity contribution in [2.75, 3.05) is 36.4 Å². The van der Waals surface area contributed by atoms with E-state index in [1.807, 2.05) is 13.0 Å². The van der Waals surface area contributed by atoms with E-state index in [4.69, 9.17) is 5.73 Å². The topological polar surface area (TPSA) is 87.5 Å². The van der Waals surface area contributed by atoms with Crippen LogP contribution in [-0.4, -0.2) is 38.0 Å². The second-order valence-electron chi connectivity index (χ2n) is 6.84. The molecule has 1 unspecified atom stereocenters. The molecule has 0 saturated carbocycles. The third kappa shape index (κ3) is 3.53. The van der Waals surface area contributed by atoms with Crippen LogP contribution < -0.4 is 21.3 Å². The third-order valence-corrected chi connectivity index (χ3v) is 5.17. The van der Waals surface area contributed by atoms with Crippen LogP contribution in [0.3, 0.4) is 0 Å². The molecule has 2 aliphatic heterocycles. The molecule has 6 heteroatoms. The van der Waals surface area contributed by atoms with E-state index in [1.165, 1.54) is 6.42 Å². The summed E-state index contributed by atoms with van der Waals surface area (Å²) in [7, 11) is 0. The molecule has 130 valence electrons. The van der Waals surface area contributed by atoms with Gasteiger partial charge in [-0.2, -0.15) is 0 Å². The number of benzene rings is 1. The normalized spacial score (nSPS) is 19.5. The molecule has 2 fully saturated rings. The SMILES string of the molecule is CC(C(=O)Nc1cc(C(N)=O)ccc1N1CCCCC1)C1CNC1. The first-order valence-electron chi connectivity index (χ1n) is 8.76. The Kier molecular flexibility index (Phi) is 5.04. The number of carbonyl (C=O) groups is 2. The molecule has 0 spiro atoms. The van der Waals surface area contributed by atoms with Gasteiger partial charge in [-0.25, -0.2) is 0 Å². The van der Waals surface area contributed by atoms with Crippen molar-refractivity contribution in [1.82, 2.24) is 5.32 Å². The molecule has 24 heavy (non-hydrogen) atoms. The number of piperidine rings is 1. The number of anilines is 2. The summed E-state index contributed by atoms with van der Waals surface area (Å²) in [6, 6.07) is 5.34. The Balaban J connectivity index is 1.83. The largest absolute Gasteiger partial charge is 0.370 e. The number of nitrogens with one attached hydrogen (secondary N) is 2. The van der Waals surface area contributed by atoms with E-state index in [-0.39, 0.29) is 11.8 Å². The Morgan fingerprint density at radius 3 is 2.54 bits per heavy atom. The number of hydrogen-bond donors (Lipinski definition) is 3. The van der Waals surface area contributed by atoms with E-state index in [0.717, 1.165) is 44.7 Å². The Hall–Kier alpha value is -2.08. The van der Waals surface area contributed by atoms with Gasteiger partial charge < -0.3 is 21.3 Å². The summed E-state index contributed by atoms with van der Waals surface area (Å²) in [5.74, 6) is -0.159. The summed E-state index contributed by atoms with van der Waals surface area (Å²) in [5, 5.41) is 6.23. The number of hydrogen-bond acceptors (Lipinski definition) is 4. The van der Waals surface area contributed by atoms with Crippen LogP contribution in [0.25, 0.3) is 0 Å². The van der Waals surface area contributed by atoms with Crippen molar-refractivity contribution in [2.45, 2.75) is 26.2 Å². The fraction of sp³-hybridized carbons (Fsp3) is 0.556. The molecule has 1 aromatic carbocycles. The number of rotatable bonds is 5. The van der Waals surface area contributed by atoms with Gasteiger partial charge in [-0.15, -0.1) is 0 Å². The second-order valence-corrected chi connectivity index (χ2v) is 6.84. The van der Waals surface area contributed by atoms with Crippen LogP contribution in [0, 0.1) is 11.8 Å². The first-order valence-corrected chi connectivity index (χ1v) is 8.76. The molecule has 2 amide bonds.